The lowest BCUT2D eigenvalue weighted by molar-refractivity contribution is -0.385. The molecule has 1 aliphatic heterocycles. The Hall–Kier alpha value is -1.69. The molecule has 1 aliphatic rings. The van der Waals surface area contributed by atoms with Crippen molar-refractivity contribution in [3.8, 4) is 0 Å². The lowest BCUT2D eigenvalue weighted by atomic mass is 10.1. The SMILES string of the molecule is Cc1cc([N+](=O)[O-])cnc1N1CC(N)C1. The molecule has 0 atom stereocenters. The number of aromatic nitrogens is 1. The molecule has 1 fully saturated rings. The average molecular weight is 208 g/mol. The number of aryl methyl sites for hydroxylation is 1. The summed E-state index contributed by atoms with van der Waals surface area (Å²) >= 11 is 0. The smallest absolute Gasteiger partial charge is 0.287 e. The summed E-state index contributed by atoms with van der Waals surface area (Å²) in [5, 5.41) is 10.5. The summed E-state index contributed by atoms with van der Waals surface area (Å²) in [6.07, 6.45) is 1.28. The molecular weight excluding hydrogens is 196 g/mol. The van der Waals surface area contributed by atoms with Gasteiger partial charge in [0.05, 0.1) is 4.92 Å². The van der Waals surface area contributed by atoms with E-state index in [1.54, 1.807) is 0 Å². The summed E-state index contributed by atoms with van der Waals surface area (Å²) in [7, 11) is 0. The van der Waals surface area contributed by atoms with Gasteiger partial charge >= 0.3 is 0 Å². The van der Waals surface area contributed by atoms with Crippen LogP contribution in [0.4, 0.5) is 11.5 Å². The summed E-state index contributed by atoms with van der Waals surface area (Å²) in [5.74, 6) is 0.794. The van der Waals surface area contributed by atoms with Gasteiger partial charge in [0.2, 0.25) is 0 Å². The monoisotopic (exact) mass is 208 g/mol. The lowest BCUT2D eigenvalue weighted by Crippen LogP contribution is -2.56. The maximum atomic E-state index is 10.5. The first-order valence-electron chi connectivity index (χ1n) is 4.69. The van der Waals surface area contributed by atoms with Crippen molar-refractivity contribution in [2.75, 3.05) is 18.0 Å². The maximum Gasteiger partial charge on any atom is 0.287 e. The molecule has 0 radical (unpaired) electrons. The molecule has 0 saturated carbocycles. The Kier molecular flexibility index (Phi) is 2.28. The van der Waals surface area contributed by atoms with Gasteiger partial charge in [-0.2, -0.15) is 0 Å². The van der Waals surface area contributed by atoms with E-state index in [-0.39, 0.29) is 11.7 Å². The number of anilines is 1. The van der Waals surface area contributed by atoms with Crippen LogP contribution in [0.1, 0.15) is 5.56 Å². The first-order valence-corrected chi connectivity index (χ1v) is 4.69. The molecule has 0 unspecified atom stereocenters. The summed E-state index contributed by atoms with van der Waals surface area (Å²) in [6, 6.07) is 1.73. The topological polar surface area (TPSA) is 85.3 Å². The molecule has 6 heteroatoms. The van der Waals surface area contributed by atoms with Crippen LogP contribution >= 0.6 is 0 Å². The van der Waals surface area contributed by atoms with Crippen LogP contribution in [-0.4, -0.2) is 29.0 Å². The molecule has 2 heterocycles. The van der Waals surface area contributed by atoms with E-state index >= 15 is 0 Å². The van der Waals surface area contributed by atoms with E-state index in [1.807, 2.05) is 11.8 Å². The number of nitrogens with zero attached hydrogens (tertiary/aromatic N) is 3. The second-order valence-corrected chi connectivity index (χ2v) is 3.76. The highest BCUT2D eigenvalue weighted by Crippen LogP contribution is 2.24. The zero-order valence-corrected chi connectivity index (χ0v) is 8.38. The number of hydrogen-bond acceptors (Lipinski definition) is 5. The molecule has 1 aromatic rings. The molecule has 80 valence electrons. The molecule has 0 aliphatic carbocycles. The number of nitro groups is 1. The Balaban J connectivity index is 2.23. The van der Waals surface area contributed by atoms with Crippen LogP contribution in [-0.2, 0) is 0 Å². The van der Waals surface area contributed by atoms with E-state index in [2.05, 4.69) is 4.98 Å². The predicted octanol–water partition coefficient (Wildman–Crippen LogP) is 0.446. The molecule has 1 saturated heterocycles. The second kappa shape index (κ2) is 3.47. The fourth-order valence-corrected chi connectivity index (χ4v) is 1.67. The van der Waals surface area contributed by atoms with Crippen molar-refractivity contribution in [2.45, 2.75) is 13.0 Å². The van der Waals surface area contributed by atoms with E-state index < -0.39 is 4.92 Å². The van der Waals surface area contributed by atoms with E-state index in [0.717, 1.165) is 24.5 Å². The van der Waals surface area contributed by atoms with E-state index in [4.69, 9.17) is 5.73 Å². The Morgan fingerprint density at radius 2 is 2.33 bits per heavy atom. The van der Waals surface area contributed by atoms with Crippen LogP contribution < -0.4 is 10.6 Å². The summed E-state index contributed by atoms with van der Waals surface area (Å²) in [6.45, 7) is 3.36. The third kappa shape index (κ3) is 1.75. The molecule has 0 aromatic carbocycles. The molecule has 1 aromatic heterocycles. The first-order chi connectivity index (χ1) is 7.08. The first kappa shape index (κ1) is 9.85. The van der Waals surface area contributed by atoms with E-state index in [9.17, 15) is 10.1 Å². The number of rotatable bonds is 2. The van der Waals surface area contributed by atoms with Crippen molar-refractivity contribution >= 4 is 11.5 Å². The van der Waals surface area contributed by atoms with Crippen LogP contribution in [0.3, 0.4) is 0 Å². The minimum atomic E-state index is -0.439. The van der Waals surface area contributed by atoms with Crippen molar-refractivity contribution in [1.29, 1.82) is 0 Å². The molecule has 2 N–H and O–H groups in total. The number of hydrogen-bond donors (Lipinski definition) is 1. The Bertz CT molecular complexity index is 401. The summed E-state index contributed by atoms with van der Waals surface area (Å²) in [5.41, 5.74) is 6.50. The zero-order chi connectivity index (χ0) is 11.0. The quantitative estimate of drug-likeness (QED) is 0.563. The Morgan fingerprint density at radius 1 is 1.67 bits per heavy atom. The molecule has 0 amide bonds. The predicted molar refractivity (Wildman–Crippen MR) is 55.8 cm³/mol. The van der Waals surface area contributed by atoms with Crippen molar-refractivity contribution < 1.29 is 4.92 Å². The van der Waals surface area contributed by atoms with Gasteiger partial charge in [0.1, 0.15) is 12.0 Å². The minimum absolute atomic E-state index is 0.0288. The fraction of sp³-hybridized carbons (Fsp3) is 0.444. The highest BCUT2D eigenvalue weighted by Gasteiger charge is 2.26. The Morgan fingerprint density at radius 3 is 2.80 bits per heavy atom. The fourth-order valence-electron chi connectivity index (χ4n) is 1.67. The number of nitrogens with two attached hydrogens (primary N) is 1. The zero-order valence-electron chi connectivity index (χ0n) is 8.38. The third-order valence-electron chi connectivity index (χ3n) is 2.46. The van der Waals surface area contributed by atoms with Gasteiger partial charge in [0.15, 0.2) is 0 Å². The lowest BCUT2D eigenvalue weighted by Gasteiger charge is -2.38. The van der Waals surface area contributed by atoms with Gasteiger partial charge in [-0.1, -0.05) is 0 Å². The Labute approximate surface area is 86.9 Å². The van der Waals surface area contributed by atoms with E-state index in [0.29, 0.717) is 0 Å². The van der Waals surface area contributed by atoms with Crippen LogP contribution in [0.2, 0.25) is 0 Å². The molecule has 6 nitrogen and oxygen atoms in total. The van der Waals surface area contributed by atoms with Gasteiger partial charge in [-0.3, -0.25) is 10.1 Å². The van der Waals surface area contributed by atoms with Crippen molar-refractivity contribution in [2.24, 2.45) is 5.73 Å². The van der Waals surface area contributed by atoms with Crippen LogP contribution in [0, 0.1) is 17.0 Å². The highest BCUT2D eigenvalue weighted by atomic mass is 16.6. The van der Waals surface area contributed by atoms with Crippen molar-refractivity contribution in [1.82, 2.24) is 4.98 Å². The van der Waals surface area contributed by atoms with Gasteiger partial charge in [-0.25, -0.2) is 4.98 Å². The van der Waals surface area contributed by atoms with Crippen molar-refractivity contribution in [3.05, 3.63) is 27.9 Å². The van der Waals surface area contributed by atoms with Gasteiger partial charge in [-0.15, -0.1) is 0 Å². The van der Waals surface area contributed by atoms with E-state index in [1.165, 1.54) is 12.3 Å². The minimum Gasteiger partial charge on any atom is -0.353 e. The number of pyridine rings is 1. The van der Waals surface area contributed by atoms with Crippen LogP contribution in [0.5, 0.6) is 0 Å². The highest BCUT2D eigenvalue weighted by molar-refractivity contribution is 5.52. The largest absolute Gasteiger partial charge is 0.353 e. The van der Waals surface area contributed by atoms with Crippen molar-refractivity contribution in [3.63, 3.8) is 0 Å². The van der Waals surface area contributed by atoms with Gasteiger partial charge < -0.3 is 10.6 Å². The van der Waals surface area contributed by atoms with Gasteiger partial charge in [-0.05, 0) is 12.5 Å². The van der Waals surface area contributed by atoms with Crippen LogP contribution in [0.15, 0.2) is 12.3 Å². The normalized spacial score (nSPS) is 16.3. The standard InChI is InChI=1S/C9H12N4O2/c1-6-2-8(13(14)15)3-11-9(6)12-4-7(10)5-12/h2-3,7H,4-5,10H2,1H3. The summed E-state index contributed by atoms with van der Waals surface area (Å²) in [4.78, 5) is 16.2. The molecule has 15 heavy (non-hydrogen) atoms. The molecule has 2 rings (SSSR count). The molecule has 0 spiro atoms. The molecule has 0 bridgehead atoms. The van der Waals surface area contributed by atoms with Gasteiger partial charge in [0.25, 0.3) is 5.69 Å². The third-order valence-corrected chi connectivity index (χ3v) is 2.46. The second-order valence-electron chi connectivity index (χ2n) is 3.76. The summed E-state index contributed by atoms with van der Waals surface area (Å²) < 4.78 is 0. The van der Waals surface area contributed by atoms with Gasteiger partial charge in [0, 0.05) is 25.2 Å². The maximum absolute atomic E-state index is 10.5. The average Bonchev–Trinajstić information content (AvgIpc) is 2.13. The van der Waals surface area contributed by atoms with Crippen LogP contribution in [0.25, 0.3) is 0 Å². The molecular formula is C9H12N4O2.